The van der Waals surface area contributed by atoms with Gasteiger partial charge < -0.3 is 11.1 Å². The highest BCUT2D eigenvalue weighted by molar-refractivity contribution is 14.1. The van der Waals surface area contributed by atoms with Crippen molar-refractivity contribution in [2.75, 3.05) is 5.32 Å². The van der Waals surface area contributed by atoms with Crippen molar-refractivity contribution in [2.45, 2.75) is 12.5 Å². The molecule has 0 radical (unpaired) electrons. The quantitative estimate of drug-likeness (QED) is 0.768. The predicted molar refractivity (Wildman–Crippen MR) is 90.8 cm³/mol. The van der Waals surface area contributed by atoms with Crippen LogP contribution in [0, 0.1) is 3.57 Å². The Morgan fingerprint density at radius 1 is 1.25 bits per heavy atom. The summed E-state index contributed by atoms with van der Waals surface area (Å²) in [5.74, 6) is -0.446. The van der Waals surface area contributed by atoms with E-state index < -0.39 is 11.4 Å². The molecule has 104 valence electrons. The standard InChI is InChI=1S/C15H14ClIN2O/c1-15(14(18)20,10-5-7-12(17)8-6-10)19-13-4-2-3-11(16)9-13/h2-9,19H,1H3,(H2,18,20). The molecular weight excluding hydrogens is 387 g/mol. The van der Waals surface area contributed by atoms with Gasteiger partial charge >= 0.3 is 0 Å². The van der Waals surface area contributed by atoms with Crippen LogP contribution in [-0.4, -0.2) is 5.91 Å². The highest BCUT2D eigenvalue weighted by Gasteiger charge is 2.33. The van der Waals surface area contributed by atoms with Crippen LogP contribution in [0.25, 0.3) is 0 Å². The highest BCUT2D eigenvalue weighted by Crippen LogP contribution is 2.27. The van der Waals surface area contributed by atoms with Crippen molar-refractivity contribution in [3.63, 3.8) is 0 Å². The van der Waals surface area contributed by atoms with Crippen LogP contribution in [0.2, 0.25) is 5.02 Å². The van der Waals surface area contributed by atoms with E-state index in [1.165, 1.54) is 0 Å². The number of rotatable bonds is 4. The number of amides is 1. The minimum Gasteiger partial charge on any atom is -0.368 e. The van der Waals surface area contributed by atoms with Gasteiger partial charge in [-0.25, -0.2) is 0 Å². The van der Waals surface area contributed by atoms with Gasteiger partial charge in [-0.3, -0.25) is 4.79 Å². The number of nitrogens with one attached hydrogen (secondary N) is 1. The summed E-state index contributed by atoms with van der Waals surface area (Å²) in [6.07, 6.45) is 0. The number of hydrogen-bond donors (Lipinski definition) is 2. The Balaban J connectivity index is 2.39. The smallest absolute Gasteiger partial charge is 0.247 e. The number of primary amides is 1. The SMILES string of the molecule is CC(Nc1cccc(Cl)c1)(C(N)=O)c1ccc(I)cc1. The predicted octanol–water partition coefficient (Wildman–Crippen LogP) is 3.76. The maximum atomic E-state index is 11.9. The Labute approximate surface area is 136 Å². The Bertz CT molecular complexity index is 630. The molecule has 2 aromatic carbocycles. The largest absolute Gasteiger partial charge is 0.368 e. The fourth-order valence-corrected chi connectivity index (χ4v) is 2.46. The van der Waals surface area contributed by atoms with Crippen LogP contribution in [0.4, 0.5) is 5.69 Å². The van der Waals surface area contributed by atoms with Crippen molar-refractivity contribution >= 4 is 45.8 Å². The minimum absolute atomic E-state index is 0.446. The lowest BCUT2D eigenvalue weighted by atomic mass is 9.91. The van der Waals surface area contributed by atoms with Gasteiger partial charge in [0, 0.05) is 14.3 Å². The molecule has 0 saturated heterocycles. The van der Waals surface area contributed by atoms with E-state index >= 15 is 0 Å². The molecule has 0 spiro atoms. The van der Waals surface area contributed by atoms with Crippen molar-refractivity contribution in [1.29, 1.82) is 0 Å². The van der Waals surface area contributed by atoms with Crippen molar-refractivity contribution in [3.05, 3.63) is 62.7 Å². The van der Waals surface area contributed by atoms with Gasteiger partial charge in [-0.15, -0.1) is 0 Å². The maximum Gasteiger partial charge on any atom is 0.247 e. The molecule has 0 saturated carbocycles. The van der Waals surface area contributed by atoms with Crippen LogP contribution < -0.4 is 11.1 Å². The molecule has 0 aliphatic carbocycles. The number of hydrogen-bond acceptors (Lipinski definition) is 2. The first-order valence-electron chi connectivity index (χ1n) is 6.01. The molecule has 3 N–H and O–H groups in total. The summed E-state index contributed by atoms with van der Waals surface area (Å²) >= 11 is 8.18. The minimum atomic E-state index is -0.991. The molecule has 0 fully saturated rings. The number of nitrogens with two attached hydrogens (primary N) is 1. The van der Waals surface area contributed by atoms with Crippen LogP contribution in [-0.2, 0) is 10.3 Å². The van der Waals surface area contributed by atoms with Crippen LogP contribution >= 0.6 is 34.2 Å². The van der Waals surface area contributed by atoms with Crippen LogP contribution in [0.3, 0.4) is 0 Å². The van der Waals surface area contributed by atoms with Gasteiger partial charge in [0.25, 0.3) is 0 Å². The summed E-state index contributed by atoms with van der Waals surface area (Å²) in [6.45, 7) is 1.76. The first-order valence-corrected chi connectivity index (χ1v) is 7.47. The van der Waals surface area contributed by atoms with E-state index in [9.17, 15) is 4.79 Å². The van der Waals surface area contributed by atoms with E-state index in [0.29, 0.717) is 5.02 Å². The summed E-state index contributed by atoms with van der Waals surface area (Å²) < 4.78 is 1.10. The molecule has 0 aliphatic rings. The molecule has 0 aliphatic heterocycles. The molecular formula is C15H14ClIN2O. The average molecular weight is 401 g/mol. The van der Waals surface area contributed by atoms with Crippen molar-refractivity contribution in [2.24, 2.45) is 5.73 Å². The van der Waals surface area contributed by atoms with Gasteiger partial charge in [0.1, 0.15) is 5.54 Å². The topological polar surface area (TPSA) is 55.1 Å². The summed E-state index contributed by atoms with van der Waals surface area (Å²) in [7, 11) is 0. The van der Waals surface area contributed by atoms with Gasteiger partial charge in [0.15, 0.2) is 0 Å². The van der Waals surface area contributed by atoms with Crippen molar-refractivity contribution in [1.82, 2.24) is 0 Å². The zero-order valence-electron chi connectivity index (χ0n) is 10.9. The lowest BCUT2D eigenvalue weighted by Crippen LogP contribution is -2.45. The number of carbonyl (C=O) groups excluding carboxylic acids is 1. The van der Waals surface area contributed by atoms with Crippen molar-refractivity contribution < 1.29 is 4.79 Å². The molecule has 1 unspecified atom stereocenters. The van der Waals surface area contributed by atoms with Crippen LogP contribution in [0.1, 0.15) is 12.5 Å². The van der Waals surface area contributed by atoms with E-state index in [1.807, 2.05) is 36.4 Å². The van der Waals surface area contributed by atoms with E-state index in [0.717, 1.165) is 14.8 Å². The fraction of sp³-hybridized carbons (Fsp3) is 0.133. The highest BCUT2D eigenvalue weighted by atomic mass is 127. The fourth-order valence-electron chi connectivity index (χ4n) is 1.91. The molecule has 5 heteroatoms. The lowest BCUT2D eigenvalue weighted by molar-refractivity contribution is -0.122. The van der Waals surface area contributed by atoms with E-state index in [1.54, 1.807) is 19.1 Å². The Kier molecular flexibility index (Phi) is 4.55. The lowest BCUT2D eigenvalue weighted by Gasteiger charge is -2.29. The van der Waals surface area contributed by atoms with Crippen molar-refractivity contribution in [3.8, 4) is 0 Å². The second-order valence-corrected chi connectivity index (χ2v) is 6.31. The van der Waals surface area contributed by atoms with Gasteiger partial charge in [-0.2, -0.15) is 0 Å². The van der Waals surface area contributed by atoms with Gasteiger partial charge in [-0.05, 0) is 65.4 Å². The summed E-state index contributed by atoms with van der Waals surface area (Å²) in [5, 5.41) is 3.77. The molecule has 0 heterocycles. The number of anilines is 1. The molecule has 0 aromatic heterocycles. The van der Waals surface area contributed by atoms with Gasteiger partial charge in [0.05, 0.1) is 0 Å². The van der Waals surface area contributed by atoms with Crippen LogP contribution in [0.5, 0.6) is 0 Å². The third-order valence-corrected chi connectivity index (χ3v) is 4.09. The van der Waals surface area contributed by atoms with Gasteiger partial charge in [0.2, 0.25) is 5.91 Å². The van der Waals surface area contributed by atoms with E-state index in [4.69, 9.17) is 17.3 Å². The van der Waals surface area contributed by atoms with Crippen LogP contribution in [0.15, 0.2) is 48.5 Å². The third-order valence-electron chi connectivity index (χ3n) is 3.13. The third kappa shape index (κ3) is 3.24. The zero-order valence-corrected chi connectivity index (χ0v) is 13.8. The van der Waals surface area contributed by atoms with E-state index in [2.05, 4.69) is 27.9 Å². The monoisotopic (exact) mass is 400 g/mol. The molecule has 2 aromatic rings. The van der Waals surface area contributed by atoms with E-state index in [-0.39, 0.29) is 0 Å². The average Bonchev–Trinajstić information content (AvgIpc) is 2.39. The molecule has 0 bridgehead atoms. The molecule has 2 rings (SSSR count). The summed E-state index contributed by atoms with van der Waals surface area (Å²) in [4.78, 5) is 11.9. The van der Waals surface area contributed by atoms with Gasteiger partial charge in [-0.1, -0.05) is 29.8 Å². The molecule has 1 amide bonds. The molecule has 20 heavy (non-hydrogen) atoms. The Hall–Kier alpha value is -1.27. The normalized spacial score (nSPS) is 13.6. The summed E-state index contributed by atoms with van der Waals surface area (Å²) in [6, 6.07) is 14.9. The molecule has 1 atom stereocenters. The molecule has 3 nitrogen and oxygen atoms in total. The Morgan fingerprint density at radius 2 is 1.90 bits per heavy atom. The first-order chi connectivity index (χ1) is 9.41. The number of benzene rings is 2. The second-order valence-electron chi connectivity index (χ2n) is 4.63. The Morgan fingerprint density at radius 3 is 2.45 bits per heavy atom. The zero-order chi connectivity index (χ0) is 14.8. The number of carbonyl (C=O) groups is 1. The maximum absolute atomic E-state index is 11.9. The first kappa shape index (κ1) is 15.1. The second kappa shape index (κ2) is 6.01. The summed E-state index contributed by atoms with van der Waals surface area (Å²) in [5.41, 5.74) is 6.16. The number of halogens is 2.